The van der Waals surface area contributed by atoms with Crippen molar-refractivity contribution in [3.05, 3.63) is 63.6 Å². The van der Waals surface area contributed by atoms with E-state index in [-0.39, 0.29) is 5.78 Å². The predicted molar refractivity (Wildman–Crippen MR) is 89.9 cm³/mol. The monoisotopic (exact) mass is 368 g/mol. The van der Waals surface area contributed by atoms with Gasteiger partial charge in [0, 0.05) is 26.4 Å². The number of rotatable bonds is 6. The van der Waals surface area contributed by atoms with Gasteiger partial charge in [-0.1, -0.05) is 45.7 Å². The Morgan fingerprint density at radius 2 is 1.90 bits per heavy atom. The first-order valence-corrected chi connectivity index (χ1v) is 8.48. The van der Waals surface area contributed by atoms with Crippen LogP contribution in [0.4, 0.5) is 0 Å². The summed E-state index contributed by atoms with van der Waals surface area (Å²) < 4.78 is 0.991. The molecule has 0 saturated carbocycles. The van der Waals surface area contributed by atoms with Crippen molar-refractivity contribution in [1.29, 1.82) is 0 Å². The molecule has 0 bridgehead atoms. The van der Waals surface area contributed by atoms with Crippen molar-refractivity contribution in [2.45, 2.75) is 17.7 Å². The summed E-state index contributed by atoms with van der Waals surface area (Å²) in [6.45, 7) is 0. The first-order chi connectivity index (χ1) is 9.65. The minimum atomic E-state index is 0.198. The molecule has 0 aliphatic rings. The molecule has 0 unspecified atom stereocenters. The quantitative estimate of drug-likeness (QED) is 0.360. The molecule has 4 heteroatoms. The Morgan fingerprint density at radius 3 is 2.60 bits per heavy atom. The van der Waals surface area contributed by atoms with Gasteiger partial charge in [0.05, 0.1) is 0 Å². The fourth-order valence-electron chi connectivity index (χ4n) is 1.76. The lowest BCUT2D eigenvalue weighted by molar-refractivity contribution is 0.0982. The van der Waals surface area contributed by atoms with Gasteiger partial charge in [-0.15, -0.1) is 11.8 Å². The molecule has 0 saturated heterocycles. The van der Waals surface area contributed by atoms with Crippen molar-refractivity contribution >= 4 is 45.1 Å². The number of Topliss-reactive ketones (excluding diaryl/α,β-unsaturated/α-hetero) is 1. The lowest BCUT2D eigenvalue weighted by atomic mass is 10.1. The molecule has 0 fully saturated rings. The maximum absolute atomic E-state index is 12.0. The van der Waals surface area contributed by atoms with Gasteiger partial charge < -0.3 is 0 Å². The van der Waals surface area contributed by atoms with E-state index >= 15 is 0 Å². The number of ketones is 1. The molecular weight excluding hydrogens is 356 g/mol. The molecule has 0 N–H and O–H groups in total. The van der Waals surface area contributed by atoms with Gasteiger partial charge in [-0.3, -0.25) is 4.79 Å². The number of hydrogen-bond acceptors (Lipinski definition) is 2. The highest BCUT2D eigenvalue weighted by Gasteiger charge is 2.05. The largest absolute Gasteiger partial charge is 0.294 e. The van der Waals surface area contributed by atoms with E-state index in [9.17, 15) is 4.79 Å². The molecule has 104 valence electrons. The van der Waals surface area contributed by atoms with E-state index in [1.807, 2.05) is 48.5 Å². The van der Waals surface area contributed by atoms with Crippen LogP contribution in [0.2, 0.25) is 5.02 Å². The number of carbonyl (C=O) groups is 1. The topological polar surface area (TPSA) is 17.1 Å². The highest BCUT2D eigenvalue weighted by atomic mass is 79.9. The van der Waals surface area contributed by atoms with Crippen LogP contribution in [0.1, 0.15) is 23.2 Å². The Hall–Kier alpha value is -0.770. The number of halogens is 2. The summed E-state index contributed by atoms with van der Waals surface area (Å²) in [4.78, 5) is 13.1. The number of thioether (sulfide) groups is 1. The number of carbonyl (C=O) groups excluding carboxylic acids is 1. The maximum atomic E-state index is 12.0. The van der Waals surface area contributed by atoms with Crippen LogP contribution in [0.25, 0.3) is 0 Å². The smallest absolute Gasteiger partial charge is 0.162 e. The van der Waals surface area contributed by atoms with Gasteiger partial charge in [0.2, 0.25) is 0 Å². The fraction of sp³-hybridized carbons (Fsp3) is 0.188. The van der Waals surface area contributed by atoms with E-state index in [0.29, 0.717) is 6.42 Å². The molecule has 0 spiro atoms. The average Bonchev–Trinajstić information content (AvgIpc) is 2.44. The van der Waals surface area contributed by atoms with E-state index < -0.39 is 0 Å². The molecule has 0 amide bonds. The molecular formula is C16H14BrClOS. The van der Waals surface area contributed by atoms with E-state index in [4.69, 9.17) is 11.6 Å². The molecule has 2 aromatic rings. The minimum Gasteiger partial charge on any atom is -0.294 e. The van der Waals surface area contributed by atoms with Gasteiger partial charge >= 0.3 is 0 Å². The summed E-state index contributed by atoms with van der Waals surface area (Å²) in [5, 5.41) is 0.751. The van der Waals surface area contributed by atoms with E-state index in [1.165, 1.54) is 0 Å². The van der Waals surface area contributed by atoms with Crippen molar-refractivity contribution in [2.75, 3.05) is 5.75 Å². The average molecular weight is 370 g/mol. The zero-order valence-corrected chi connectivity index (χ0v) is 14.0. The van der Waals surface area contributed by atoms with Crippen LogP contribution in [0.3, 0.4) is 0 Å². The van der Waals surface area contributed by atoms with Gasteiger partial charge in [0.25, 0.3) is 0 Å². The van der Waals surface area contributed by atoms with E-state index in [1.54, 1.807) is 11.8 Å². The van der Waals surface area contributed by atoms with E-state index in [0.717, 1.165) is 32.1 Å². The lowest BCUT2D eigenvalue weighted by Gasteiger charge is -2.03. The molecule has 2 rings (SSSR count). The second-order valence-corrected chi connectivity index (χ2v) is 6.86. The SMILES string of the molecule is O=C(CCCSc1cccc(Cl)c1)c1ccc(Br)cc1. The van der Waals surface area contributed by atoms with E-state index in [2.05, 4.69) is 15.9 Å². The lowest BCUT2D eigenvalue weighted by Crippen LogP contribution is -1.99. The van der Waals surface area contributed by atoms with Gasteiger partial charge in [-0.2, -0.15) is 0 Å². The standard InChI is InChI=1S/C16H14BrClOS/c17-13-8-6-12(7-9-13)16(19)5-2-10-20-15-4-1-3-14(18)11-15/h1,3-4,6-9,11H,2,5,10H2. The molecule has 2 aromatic carbocycles. The summed E-state index contributed by atoms with van der Waals surface area (Å²) in [5.74, 6) is 1.12. The highest BCUT2D eigenvalue weighted by Crippen LogP contribution is 2.23. The Kier molecular flexibility index (Phi) is 6.14. The zero-order chi connectivity index (χ0) is 14.4. The molecule has 1 nitrogen and oxygen atoms in total. The molecule has 0 heterocycles. The first kappa shape index (κ1) is 15.6. The second kappa shape index (κ2) is 7.87. The van der Waals surface area contributed by atoms with Gasteiger partial charge in [-0.05, 0) is 42.5 Å². The van der Waals surface area contributed by atoms with Crippen molar-refractivity contribution in [3.8, 4) is 0 Å². The van der Waals surface area contributed by atoms with Gasteiger partial charge in [-0.25, -0.2) is 0 Å². The summed E-state index contributed by atoms with van der Waals surface area (Å²) in [6.07, 6.45) is 1.45. The second-order valence-electron chi connectivity index (χ2n) is 4.34. The molecule has 0 aliphatic heterocycles. The minimum absolute atomic E-state index is 0.198. The van der Waals surface area contributed by atoms with Crippen molar-refractivity contribution < 1.29 is 4.79 Å². The van der Waals surface area contributed by atoms with Crippen molar-refractivity contribution in [3.63, 3.8) is 0 Å². The number of benzene rings is 2. The maximum Gasteiger partial charge on any atom is 0.162 e. The third-order valence-electron chi connectivity index (χ3n) is 2.78. The zero-order valence-electron chi connectivity index (χ0n) is 10.8. The molecule has 20 heavy (non-hydrogen) atoms. The third-order valence-corrected chi connectivity index (χ3v) is 4.62. The van der Waals surface area contributed by atoms with Crippen molar-refractivity contribution in [1.82, 2.24) is 0 Å². The van der Waals surface area contributed by atoms with Gasteiger partial charge in [0.1, 0.15) is 0 Å². The third kappa shape index (κ3) is 4.97. The summed E-state index contributed by atoms with van der Waals surface area (Å²) >= 11 is 11.0. The van der Waals surface area contributed by atoms with Crippen LogP contribution in [-0.2, 0) is 0 Å². The molecule has 0 aromatic heterocycles. The Bertz CT molecular complexity index is 583. The molecule has 0 aliphatic carbocycles. The normalized spacial score (nSPS) is 10.5. The van der Waals surface area contributed by atoms with Crippen LogP contribution in [0.15, 0.2) is 57.9 Å². The summed E-state index contributed by atoms with van der Waals surface area (Å²) in [5.41, 5.74) is 0.779. The summed E-state index contributed by atoms with van der Waals surface area (Å²) in [6, 6.07) is 15.3. The first-order valence-electron chi connectivity index (χ1n) is 6.32. The van der Waals surface area contributed by atoms with Crippen molar-refractivity contribution in [2.24, 2.45) is 0 Å². The van der Waals surface area contributed by atoms with Crippen LogP contribution >= 0.6 is 39.3 Å². The Labute approximate surface area is 136 Å². The molecule has 0 radical (unpaired) electrons. The van der Waals surface area contributed by atoms with Crippen LogP contribution < -0.4 is 0 Å². The molecule has 0 atom stereocenters. The van der Waals surface area contributed by atoms with Crippen LogP contribution in [0, 0.1) is 0 Å². The van der Waals surface area contributed by atoms with Gasteiger partial charge in [0.15, 0.2) is 5.78 Å². The van der Waals surface area contributed by atoms with Crippen LogP contribution in [-0.4, -0.2) is 11.5 Å². The predicted octanol–water partition coefficient (Wildman–Crippen LogP) is 5.86. The highest BCUT2D eigenvalue weighted by molar-refractivity contribution is 9.10. The van der Waals surface area contributed by atoms with Crippen LogP contribution in [0.5, 0.6) is 0 Å². The number of hydrogen-bond donors (Lipinski definition) is 0. The summed E-state index contributed by atoms with van der Waals surface area (Å²) in [7, 11) is 0. The fourth-order valence-corrected chi connectivity index (χ4v) is 3.19. The Morgan fingerprint density at radius 1 is 1.15 bits per heavy atom. The Balaban J connectivity index is 1.76.